The number of aromatic nitrogens is 4. The van der Waals surface area contributed by atoms with E-state index in [1.807, 2.05) is 0 Å². The smallest absolute Gasteiger partial charge is 0.362 e. The Morgan fingerprint density at radius 2 is 2.02 bits per heavy atom. The van der Waals surface area contributed by atoms with Gasteiger partial charge in [0.15, 0.2) is 16.6 Å². The number of β-lactam (4-membered cyclic amide) rings is 1. The number of likely N-dealkylation sites (tertiary alicyclic amines) is 1. The van der Waals surface area contributed by atoms with E-state index in [2.05, 4.69) is 25.2 Å². The summed E-state index contributed by atoms with van der Waals surface area (Å²) >= 11 is 1.01. The van der Waals surface area contributed by atoms with Crippen molar-refractivity contribution in [2.45, 2.75) is 44.0 Å². The molecule has 0 radical (unpaired) electrons. The van der Waals surface area contributed by atoms with Crippen molar-refractivity contribution < 1.29 is 37.3 Å². The number of aliphatic carboxylic acids is 1. The minimum atomic E-state index is -4.93. The first kappa shape index (κ1) is 28.0. The van der Waals surface area contributed by atoms with Crippen LogP contribution in [0.5, 0.6) is 0 Å². The number of Topliss-reactive ketones (excluding diaryl/α,β-unsaturated/α-hetero) is 1. The number of carboxylic acid groups (broad SMARTS) is 1. The molecular formula is C21H27N9O8S2. The molecule has 2 aliphatic heterocycles. The number of anilines is 1. The fourth-order valence-electron chi connectivity index (χ4n) is 4.65. The van der Waals surface area contributed by atoms with Crippen LogP contribution >= 0.6 is 11.3 Å². The van der Waals surface area contributed by atoms with Gasteiger partial charge in [0.2, 0.25) is 11.5 Å². The van der Waals surface area contributed by atoms with Gasteiger partial charge in [-0.15, -0.1) is 11.3 Å². The average Bonchev–Trinajstić information content (AvgIpc) is 3.33. The standard InChI is InChI=1S/C21H27N9O8S2/c22-4-11-6-28(7-11)8-12-5-24-29(26-12)9-15-13(18(32)30(15)40(35,36)37)3-16(31)17(14-10-39-20(23)25-14)27-38-21(1-2-21)19(33)34/h5,10-11,13,15H,1-4,6-9,22H2,(H2,23,25)(H,33,34)(H,35,36,37)/b27-17-/t13-,15+/m0/s1. The van der Waals surface area contributed by atoms with Crippen LogP contribution in [0.25, 0.3) is 0 Å². The predicted molar refractivity (Wildman–Crippen MR) is 137 cm³/mol. The molecule has 4 heterocycles. The maximum absolute atomic E-state index is 13.3. The van der Waals surface area contributed by atoms with E-state index in [1.54, 1.807) is 0 Å². The number of oxime groups is 1. The number of carbonyl (C=O) groups is 3. The lowest BCUT2D eigenvalue weighted by Gasteiger charge is -2.43. The minimum absolute atomic E-state index is 0.0184. The number of nitrogens with zero attached hydrogens (tertiary/aromatic N) is 7. The summed E-state index contributed by atoms with van der Waals surface area (Å²) in [6.07, 6.45) is 1.38. The number of nitrogen functional groups attached to an aromatic ring is 1. The first-order chi connectivity index (χ1) is 18.9. The number of thiazole rings is 1. The van der Waals surface area contributed by atoms with E-state index >= 15 is 0 Å². The van der Waals surface area contributed by atoms with Crippen molar-refractivity contribution in [1.29, 1.82) is 0 Å². The van der Waals surface area contributed by atoms with E-state index in [1.165, 1.54) is 16.4 Å². The summed E-state index contributed by atoms with van der Waals surface area (Å²) in [5, 5.41) is 23.1. The zero-order valence-corrected chi connectivity index (χ0v) is 22.6. The van der Waals surface area contributed by atoms with Crippen molar-refractivity contribution in [3.8, 4) is 0 Å². The summed E-state index contributed by atoms with van der Waals surface area (Å²) in [5.41, 5.74) is 10.1. The Morgan fingerprint density at radius 3 is 2.60 bits per heavy atom. The van der Waals surface area contributed by atoms with Crippen molar-refractivity contribution >= 4 is 50.1 Å². The van der Waals surface area contributed by atoms with Gasteiger partial charge < -0.3 is 21.4 Å². The number of nitrogens with two attached hydrogens (primary N) is 2. The fourth-order valence-corrected chi connectivity index (χ4v) is 6.12. The molecule has 2 atom stereocenters. The van der Waals surface area contributed by atoms with Crippen LogP contribution in [0.2, 0.25) is 0 Å². The lowest BCUT2D eigenvalue weighted by atomic mass is 9.84. The van der Waals surface area contributed by atoms with Crippen molar-refractivity contribution in [2.75, 3.05) is 25.4 Å². The Labute approximate surface area is 231 Å². The third kappa shape index (κ3) is 5.55. The molecular weight excluding hydrogens is 570 g/mol. The summed E-state index contributed by atoms with van der Waals surface area (Å²) in [6.45, 7) is 2.54. The molecule has 3 fully saturated rings. The molecule has 17 nitrogen and oxygen atoms in total. The van der Waals surface area contributed by atoms with Crippen LogP contribution in [-0.4, -0.2) is 102 Å². The predicted octanol–water partition coefficient (Wildman–Crippen LogP) is -1.67. The van der Waals surface area contributed by atoms with Gasteiger partial charge in [-0.25, -0.2) is 14.1 Å². The van der Waals surface area contributed by atoms with Gasteiger partial charge in [0.05, 0.1) is 30.4 Å². The largest absolute Gasteiger partial charge is 0.478 e. The van der Waals surface area contributed by atoms with Crippen molar-refractivity contribution in [3.63, 3.8) is 0 Å². The van der Waals surface area contributed by atoms with Crippen LogP contribution in [0.1, 0.15) is 30.7 Å². The summed E-state index contributed by atoms with van der Waals surface area (Å²) < 4.78 is 33.8. The number of carbonyl (C=O) groups excluding carboxylic acids is 2. The summed E-state index contributed by atoms with van der Waals surface area (Å²) in [4.78, 5) is 50.1. The molecule has 0 bridgehead atoms. The molecule has 0 spiro atoms. The topological polar surface area (TPSA) is 250 Å². The van der Waals surface area contributed by atoms with Gasteiger partial charge in [0.1, 0.15) is 5.69 Å². The number of carboxylic acids is 1. The second kappa shape index (κ2) is 10.5. The van der Waals surface area contributed by atoms with Crippen LogP contribution in [0.3, 0.4) is 0 Å². The molecule has 6 N–H and O–H groups in total. The molecule has 19 heteroatoms. The van der Waals surface area contributed by atoms with Gasteiger partial charge >= 0.3 is 16.3 Å². The van der Waals surface area contributed by atoms with E-state index in [0.29, 0.717) is 24.7 Å². The van der Waals surface area contributed by atoms with Crippen molar-refractivity contribution in [2.24, 2.45) is 22.7 Å². The van der Waals surface area contributed by atoms with E-state index in [0.717, 1.165) is 24.4 Å². The van der Waals surface area contributed by atoms with Crippen LogP contribution in [-0.2, 0) is 42.6 Å². The lowest BCUT2D eigenvalue weighted by Crippen LogP contribution is -2.64. The molecule has 5 rings (SSSR count). The van der Waals surface area contributed by atoms with E-state index < -0.39 is 51.9 Å². The lowest BCUT2D eigenvalue weighted by molar-refractivity contribution is -0.153. The van der Waals surface area contributed by atoms with Gasteiger partial charge in [0.25, 0.3) is 0 Å². The van der Waals surface area contributed by atoms with Gasteiger partial charge in [0, 0.05) is 44.3 Å². The summed E-state index contributed by atoms with van der Waals surface area (Å²) in [5.74, 6) is -3.75. The number of rotatable bonds is 13. The quantitative estimate of drug-likeness (QED) is 0.0873. The maximum atomic E-state index is 13.3. The molecule has 0 unspecified atom stereocenters. The Kier molecular flexibility index (Phi) is 7.33. The molecule has 1 aliphatic carbocycles. The zero-order chi connectivity index (χ0) is 28.8. The molecule has 3 aliphatic rings. The molecule has 0 aromatic carbocycles. The molecule has 1 amide bonds. The number of amides is 1. The first-order valence-corrected chi connectivity index (χ1v) is 14.5. The van der Waals surface area contributed by atoms with Crippen LogP contribution in [0, 0.1) is 11.8 Å². The van der Waals surface area contributed by atoms with Crippen LogP contribution in [0.4, 0.5) is 5.13 Å². The third-order valence-corrected chi connectivity index (χ3v) is 8.70. The van der Waals surface area contributed by atoms with Crippen molar-refractivity contribution in [1.82, 2.24) is 29.2 Å². The molecule has 40 heavy (non-hydrogen) atoms. The molecule has 2 saturated heterocycles. The zero-order valence-electron chi connectivity index (χ0n) is 21.0. The summed E-state index contributed by atoms with van der Waals surface area (Å²) in [6, 6.07) is -1.17. The first-order valence-electron chi connectivity index (χ1n) is 12.3. The van der Waals surface area contributed by atoms with E-state index in [9.17, 15) is 32.5 Å². The SMILES string of the molecule is NCC1CN(Cc2cnn(C[C@@H]3[C@H](CC(=O)/C(=N\OC4(C(=O)O)CC4)c4csc(N)n4)C(=O)N3S(=O)(=O)O)n2)C1. The number of hydrogen-bond donors (Lipinski definition) is 4. The van der Waals surface area contributed by atoms with Gasteiger partial charge in [-0.2, -0.15) is 23.4 Å². The second-order valence-electron chi connectivity index (χ2n) is 10.0. The number of hydrogen-bond acceptors (Lipinski definition) is 14. The van der Waals surface area contributed by atoms with Gasteiger partial charge in [-0.1, -0.05) is 5.16 Å². The van der Waals surface area contributed by atoms with Crippen LogP contribution < -0.4 is 11.5 Å². The number of ketones is 1. The summed E-state index contributed by atoms with van der Waals surface area (Å²) in [7, 11) is -4.93. The maximum Gasteiger partial charge on any atom is 0.362 e. The van der Waals surface area contributed by atoms with Gasteiger partial charge in [-0.3, -0.25) is 19.0 Å². The van der Waals surface area contributed by atoms with Gasteiger partial charge in [-0.05, 0) is 12.5 Å². The molecule has 1 saturated carbocycles. The van der Waals surface area contributed by atoms with Crippen molar-refractivity contribution in [3.05, 3.63) is 23.0 Å². The third-order valence-electron chi connectivity index (χ3n) is 7.07. The highest BCUT2D eigenvalue weighted by atomic mass is 32.2. The Hall–Kier alpha value is -3.52. The second-order valence-corrected chi connectivity index (χ2v) is 12.2. The Bertz CT molecular complexity index is 1460. The molecule has 2 aromatic rings. The molecule has 2 aromatic heterocycles. The fraction of sp³-hybridized carbons (Fsp3) is 0.571. The monoisotopic (exact) mass is 597 g/mol. The highest BCUT2D eigenvalue weighted by Gasteiger charge is 2.56. The average molecular weight is 598 g/mol. The minimum Gasteiger partial charge on any atom is -0.478 e. The Morgan fingerprint density at radius 1 is 1.30 bits per heavy atom. The van der Waals surface area contributed by atoms with E-state index in [-0.39, 0.29) is 40.2 Å². The highest BCUT2D eigenvalue weighted by Crippen LogP contribution is 2.40. The Balaban J connectivity index is 1.32. The highest BCUT2D eigenvalue weighted by molar-refractivity contribution is 7.84. The normalized spacial score (nSPS) is 23.0. The molecule has 216 valence electrons. The van der Waals surface area contributed by atoms with Crippen LogP contribution in [0.15, 0.2) is 16.7 Å². The van der Waals surface area contributed by atoms with E-state index in [4.69, 9.17) is 16.3 Å².